The summed E-state index contributed by atoms with van der Waals surface area (Å²) in [7, 11) is 0. The molecule has 55 heavy (non-hydrogen) atoms. The minimum Gasteiger partial charge on any atom is -0.507 e. The number of nitrogens with zero attached hydrogens (tertiary/aromatic N) is 6. The summed E-state index contributed by atoms with van der Waals surface area (Å²) in [5, 5.41) is 35.4. The number of aryl methyl sites for hydroxylation is 1. The van der Waals surface area contributed by atoms with Crippen molar-refractivity contribution in [2.24, 2.45) is 5.41 Å². The van der Waals surface area contributed by atoms with Crippen LogP contribution < -0.4 is 21.3 Å². The van der Waals surface area contributed by atoms with Crippen molar-refractivity contribution in [2.45, 2.75) is 78.2 Å². The lowest BCUT2D eigenvalue weighted by Gasteiger charge is -2.40. The number of carbonyl (C=O) groups excluding carboxylic acids is 3. The van der Waals surface area contributed by atoms with Gasteiger partial charge in [0.05, 0.1) is 45.7 Å². The van der Waals surface area contributed by atoms with E-state index in [-0.39, 0.29) is 42.4 Å². The van der Waals surface area contributed by atoms with Gasteiger partial charge in [0, 0.05) is 44.7 Å². The molecule has 292 valence electrons. The molecule has 6 rings (SSSR count). The Labute approximate surface area is 325 Å². The number of nitrogens with one attached hydrogen (secondary N) is 2. The number of nitrogens with two attached hydrogens (primary N) is 1. The number of phenolic OH excluding ortho intramolecular Hbond substituents is 1. The Kier molecular flexibility index (Phi) is 11.7. The Morgan fingerprint density at radius 2 is 1.67 bits per heavy atom. The largest absolute Gasteiger partial charge is 0.507 e. The maximum atomic E-state index is 14.3. The van der Waals surface area contributed by atoms with Crippen LogP contribution in [-0.4, -0.2) is 110 Å². The number of β-amino-alcohol motifs (C(OH)–C–C–N with tert-alkyl or cyclic N) is 1. The summed E-state index contributed by atoms with van der Waals surface area (Å²) < 4.78 is 0. The van der Waals surface area contributed by atoms with Gasteiger partial charge in [-0.05, 0) is 55.5 Å². The number of phenols is 1. The Morgan fingerprint density at radius 3 is 2.31 bits per heavy atom. The molecule has 4 heterocycles. The van der Waals surface area contributed by atoms with Crippen molar-refractivity contribution >= 4 is 40.6 Å². The SMILES string of the molecule is Cc1ncsc1-c1ccc([C@H](C)NC(=O)[C@@H]2C[C@@H](O)CN2C(=O)[C@@H](NC(=O)[C@@H](C)N2CCN(c3cc(-c4ccccc4O)nnc3N)CC2)C(C)(C)C)cc1. The minimum atomic E-state index is -0.944. The number of aromatic hydroxyl groups is 1. The number of benzene rings is 2. The van der Waals surface area contributed by atoms with E-state index >= 15 is 0 Å². The minimum absolute atomic E-state index is 0.00718. The van der Waals surface area contributed by atoms with Gasteiger partial charge in [0.25, 0.3) is 0 Å². The number of hydrogen-bond acceptors (Lipinski definition) is 12. The molecule has 2 saturated heterocycles. The van der Waals surface area contributed by atoms with E-state index in [1.54, 1.807) is 29.5 Å². The lowest BCUT2D eigenvalue weighted by Crippen LogP contribution is -2.61. The summed E-state index contributed by atoms with van der Waals surface area (Å²) in [4.78, 5) is 52.8. The van der Waals surface area contributed by atoms with Crippen LogP contribution >= 0.6 is 11.3 Å². The predicted octanol–water partition coefficient (Wildman–Crippen LogP) is 3.74. The number of rotatable bonds is 10. The molecule has 0 aliphatic carbocycles. The molecular weight excluding hydrogens is 719 g/mol. The molecule has 15 heteroatoms. The zero-order valence-corrected chi connectivity index (χ0v) is 33.0. The number of likely N-dealkylation sites (tertiary alicyclic amines) is 1. The van der Waals surface area contributed by atoms with Crippen molar-refractivity contribution < 1.29 is 24.6 Å². The summed E-state index contributed by atoms with van der Waals surface area (Å²) in [6.45, 7) is 13.5. The molecule has 0 spiro atoms. The number of amides is 3. The molecule has 2 aliphatic heterocycles. The van der Waals surface area contributed by atoms with Crippen LogP contribution in [-0.2, 0) is 14.4 Å². The number of aliphatic hydroxyl groups excluding tert-OH is 1. The van der Waals surface area contributed by atoms with Crippen molar-refractivity contribution in [3.8, 4) is 27.4 Å². The van der Waals surface area contributed by atoms with Gasteiger partial charge in [-0.2, -0.15) is 0 Å². The Balaban J connectivity index is 1.08. The van der Waals surface area contributed by atoms with Crippen LogP contribution in [0, 0.1) is 12.3 Å². The van der Waals surface area contributed by atoms with Crippen molar-refractivity contribution in [2.75, 3.05) is 43.4 Å². The van der Waals surface area contributed by atoms with Gasteiger partial charge in [-0.15, -0.1) is 21.5 Å². The third kappa shape index (κ3) is 8.74. The first-order chi connectivity index (χ1) is 26.1. The van der Waals surface area contributed by atoms with Gasteiger partial charge in [-0.3, -0.25) is 19.3 Å². The van der Waals surface area contributed by atoms with Crippen LogP contribution in [0.3, 0.4) is 0 Å². The van der Waals surface area contributed by atoms with E-state index in [4.69, 9.17) is 5.73 Å². The molecule has 2 aromatic heterocycles. The van der Waals surface area contributed by atoms with E-state index in [1.807, 2.05) is 88.4 Å². The highest BCUT2D eigenvalue weighted by molar-refractivity contribution is 7.13. The van der Waals surface area contributed by atoms with Gasteiger partial charge >= 0.3 is 0 Å². The first-order valence-electron chi connectivity index (χ1n) is 18.6. The van der Waals surface area contributed by atoms with E-state index in [9.17, 15) is 24.6 Å². The lowest BCUT2D eigenvalue weighted by molar-refractivity contribution is -0.144. The molecule has 0 radical (unpaired) electrons. The fourth-order valence-corrected chi connectivity index (χ4v) is 8.07. The second-order valence-electron chi connectivity index (χ2n) is 15.5. The molecule has 0 unspecified atom stereocenters. The number of piperazine rings is 1. The third-order valence-electron chi connectivity index (χ3n) is 10.6. The first kappa shape index (κ1) is 39.6. The normalized spacial score (nSPS) is 19.5. The van der Waals surface area contributed by atoms with Crippen LogP contribution in [0.5, 0.6) is 5.75 Å². The molecule has 14 nitrogen and oxygen atoms in total. The number of thiazole rings is 1. The number of para-hydroxylation sites is 1. The van der Waals surface area contributed by atoms with E-state index < -0.39 is 35.6 Å². The molecule has 6 N–H and O–H groups in total. The number of hydrogen-bond donors (Lipinski definition) is 5. The zero-order chi connectivity index (χ0) is 39.6. The van der Waals surface area contributed by atoms with E-state index in [0.717, 1.165) is 21.7 Å². The lowest BCUT2D eigenvalue weighted by atomic mass is 9.85. The molecule has 5 atom stereocenters. The quantitative estimate of drug-likeness (QED) is 0.158. The molecule has 3 amide bonds. The highest BCUT2D eigenvalue weighted by atomic mass is 32.1. The second-order valence-corrected chi connectivity index (χ2v) is 16.4. The summed E-state index contributed by atoms with van der Waals surface area (Å²) in [5.74, 6) is -0.705. The van der Waals surface area contributed by atoms with Crippen molar-refractivity contribution in [1.29, 1.82) is 0 Å². The fourth-order valence-electron chi connectivity index (χ4n) is 7.26. The summed E-state index contributed by atoms with van der Waals surface area (Å²) >= 11 is 1.58. The smallest absolute Gasteiger partial charge is 0.246 e. The zero-order valence-electron chi connectivity index (χ0n) is 32.2. The maximum Gasteiger partial charge on any atom is 0.246 e. The molecular formula is C40H51N9O5S. The fraction of sp³-hybridized carbons (Fsp3) is 0.450. The Bertz CT molecular complexity index is 2010. The van der Waals surface area contributed by atoms with Crippen molar-refractivity contribution in [3.05, 3.63) is 71.4 Å². The van der Waals surface area contributed by atoms with Gasteiger partial charge < -0.3 is 36.4 Å². The Hall–Kier alpha value is -5.12. The topological polar surface area (TPSA) is 190 Å². The number of nitrogen functional groups attached to an aromatic ring is 1. The average Bonchev–Trinajstić information content (AvgIpc) is 3.78. The highest BCUT2D eigenvalue weighted by Crippen LogP contribution is 2.33. The number of aliphatic hydroxyl groups is 1. The summed E-state index contributed by atoms with van der Waals surface area (Å²) in [6, 6.07) is 13.9. The van der Waals surface area contributed by atoms with Crippen LogP contribution in [0.2, 0.25) is 0 Å². The molecule has 0 bridgehead atoms. The Morgan fingerprint density at radius 1 is 0.982 bits per heavy atom. The van der Waals surface area contributed by atoms with E-state index in [0.29, 0.717) is 43.1 Å². The summed E-state index contributed by atoms with van der Waals surface area (Å²) in [6.07, 6.45) is -0.771. The van der Waals surface area contributed by atoms with Gasteiger partial charge in [-0.25, -0.2) is 4.98 Å². The number of anilines is 2. The average molecular weight is 770 g/mol. The number of carbonyl (C=O) groups is 3. The van der Waals surface area contributed by atoms with Crippen molar-refractivity contribution in [3.63, 3.8) is 0 Å². The van der Waals surface area contributed by atoms with Gasteiger partial charge in [0.15, 0.2) is 5.82 Å². The first-order valence-corrected chi connectivity index (χ1v) is 19.5. The maximum absolute atomic E-state index is 14.3. The van der Waals surface area contributed by atoms with Gasteiger partial charge in [0.2, 0.25) is 17.7 Å². The predicted molar refractivity (Wildman–Crippen MR) is 213 cm³/mol. The summed E-state index contributed by atoms with van der Waals surface area (Å²) in [5.41, 5.74) is 12.0. The molecule has 2 fully saturated rings. The van der Waals surface area contributed by atoms with E-state index in [2.05, 4.69) is 30.7 Å². The van der Waals surface area contributed by atoms with Gasteiger partial charge in [-0.1, -0.05) is 57.2 Å². The van der Waals surface area contributed by atoms with E-state index in [1.165, 1.54) is 4.90 Å². The van der Waals surface area contributed by atoms with Crippen LogP contribution in [0.1, 0.15) is 58.3 Å². The molecule has 2 aliphatic rings. The van der Waals surface area contributed by atoms with Crippen LogP contribution in [0.15, 0.2) is 60.1 Å². The highest BCUT2D eigenvalue weighted by Gasteiger charge is 2.45. The molecule has 2 aromatic carbocycles. The number of aromatic nitrogens is 3. The van der Waals surface area contributed by atoms with Gasteiger partial charge in [0.1, 0.15) is 17.8 Å². The van der Waals surface area contributed by atoms with Crippen LogP contribution in [0.25, 0.3) is 21.7 Å². The second kappa shape index (κ2) is 16.3. The monoisotopic (exact) mass is 769 g/mol. The third-order valence-corrected chi connectivity index (χ3v) is 11.6. The van der Waals surface area contributed by atoms with Crippen molar-refractivity contribution in [1.82, 2.24) is 35.6 Å². The van der Waals surface area contributed by atoms with Crippen LogP contribution in [0.4, 0.5) is 11.5 Å². The molecule has 0 saturated carbocycles. The standard InChI is InChI=1S/C40H51N9O5S/c1-23(26-11-13-27(14-12-26)34-24(2)42-22-55-34)43-38(53)32-19-28(50)21-49(32)39(54)35(40(4,5)6)44-37(52)25(3)47-15-17-48(18-16-47)31-20-30(45-46-36(31)41)29-9-7-8-10-33(29)51/h7-14,20,22-23,25,28,32,35,50-51H,15-19,21H2,1-6H3,(H2,41,46)(H,43,53)(H,44,52)/t23-,25+,28+,32-,35+/m0/s1. The molecule has 4 aromatic rings.